The molecule has 0 N–H and O–H groups in total. The molecule has 6 heteroatoms. The zero-order valence-electron chi connectivity index (χ0n) is 27.0. The fourth-order valence-corrected chi connectivity index (χ4v) is 8.19. The van der Waals surface area contributed by atoms with Crippen LogP contribution in [0.4, 0.5) is 0 Å². The number of benzene rings is 7. The first-order chi connectivity index (χ1) is 25.3. The zero-order chi connectivity index (χ0) is 33.2. The largest absolute Gasteiger partial charge is 0.456 e. The molecule has 0 unspecified atom stereocenters. The monoisotopic (exact) mass is 652 g/mol. The summed E-state index contributed by atoms with van der Waals surface area (Å²) in [7, 11) is 0. The van der Waals surface area contributed by atoms with E-state index in [-0.39, 0.29) is 0 Å². The zero-order valence-corrected chi connectivity index (χ0v) is 27.0. The van der Waals surface area contributed by atoms with Crippen LogP contribution in [0.2, 0.25) is 0 Å². The van der Waals surface area contributed by atoms with E-state index in [1.165, 1.54) is 32.6 Å². The van der Waals surface area contributed by atoms with E-state index in [2.05, 4.69) is 77.2 Å². The molecule has 12 rings (SSSR count). The molecule has 0 fully saturated rings. The molecule has 0 bridgehead atoms. The van der Waals surface area contributed by atoms with Crippen molar-refractivity contribution in [1.29, 1.82) is 0 Å². The van der Waals surface area contributed by atoms with Gasteiger partial charge in [0.2, 0.25) is 0 Å². The topological polar surface area (TPSA) is 69.4 Å². The van der Waals surface area contributed by atoms with Gasteiger partial charge in [0.05, 0.1) is 22.1 Å². The minimum atomic E-state index is 0.547. The molecule has 0 saturated heterocycles. The third kappa shape index (κ3) is 3.63. The van der Waals surface area contributed by atoms with Gasteiger partial charge in [0, 0.05) is 54.2 Å². The quantitative estimate of drug-likeness (QED) is 0.190. The number of nitrogens with zero attached hydrogens (tertiary/aromatic N) is 4. The predicted octanol–water partition coefficient (Wildman–Crippen LogP) is 11.8. The van der Waals surface area contributed by atoms with Gasteiger partial charge in [-0.2, -0.15) is 0 Å². The van der Waals surface area contributed by atoms with E-state index in [4.69, 9.17) is 23.8 Å². The molecule has 0 spiro atoms. The number of fused-ring (bicyclic) bond motifs is 12. The molecule has 0 radical (unpaired) electrons. The highest BCUT2D eigenvalue weighted by Crippen LogP contribution is 2.44. The highest BCUT2D eigenvalue weighted by Gasteiger charge is 2.23. The average Bonchev–Trinajstić information content (AvgIpc) is 3.94. The van der Waals surface area contributed by atoms with Crippen molar-refractivity contribution >= 4 is 82.0 Å². The summed E-state index contributed by atoms with van der Waals surface area (Å²) in [5, 5.41) is 8.96. The first-order valence-electron chi connectivity index (χ1n) is 17.0. The van der Waals surface area contributed by atoms with Crippen molar-refractivity contribution in [3.63, 3.8) is 0 Å². The van der Waals surface area contributed by atoms with Crippen LogP contribution in [-0.4, -0.2) is 19.4 Å². The van der Waals surface area contributed by atoms with Crippen LogP contribution < -0.4 is 0 Å². The minimum Gasteiger partial charge on any atom is -0.456 e. The first-order valence-corrected chi connectivity index (χ1v) is 17.0. The summed E-state index contributed by atoms with van der Waals surface area (Å²) in [4.78, 5) is 15.4. The Kier molecular flexibility index (Phi) is 5.14. The van der Waals surface area contributed by atoms with Crippen LogP contribution in [0.1, 0.15) is 0 Å². The second-order valence-electron chi connectivity index (χ2n) is 13.2. The van der Waals surface area contributed by atoms with Crippen LogP contribution in [0.15, 0.2) is 154 Å². The van der Waals surface area contributed by atoms with Gasteiger partial charge < -0.3 is 13.2 Å². The van der Waals surface area contributed by atoms with Gasteiger partial charge in [-0.15, -0.1) is 0 Å². The van der Waals surface area contributed by atoms with E-state index in [1.807, 2.05) is 72.8 Å². The molecule has 5 heterocycles. The van der Waals surface area contributed by atoms with Crippen molar-refractivity contribution in [2.24, 2.45) is 0 Å². The fraction of sp³-hybridized carbons (Fsp3) is 0. The minimum absolute atomic E-state index is 0.547. The Labute approximate surface area is 289 Å². The van der Waals surface area contributed by atoms with Gasteiger partial charge in [0.15, 0.2) is 17.5 Å². The maximum Gasteiger partial charge on any atom is 0.167 e. The van der Waals surface area contributed by atoms with Crippen LogP contribution in [0, 0.1) is 0 Å². The molecule has 0 atom stereocenters. The predicted molar refractivity (Wildman–Crippen MR) is 205 cm³/mol. The summed E-state index contributed by atoms with van der Waals surface area (Å²) < 4.78 is 15.5. The molecule has 7 aromatic carbocycles. The molecule has 0 amide bonds. The van der Waals surface area contributed by atoms with Gasteiger partial charge in [-0.1, -0.05) is 109 Å². The Bertz CT molecular complexity index is 3370. The van der Waals surface area contributed by atoms with Gasteiger partial charge in [-0.3, -0.25) is 0 Å². The molecule has 5 aromatic heterocycles. The maximum absolute atomic E-state index is 6.62. The molecular weight excluding hydrogens is 629 g/mol. The van der Waals surface area contributed by atoms with Crippen molar-refractivity contribution in [3.05, 3.63) is 146 Å². The van der Waals surface area contributed by atoms with Crippen LogP contribution in [0.25, 0.3) is 116 Å². The SMILES string of the molecule is c1ccc(-c2nc(-c3cccc4c3oc3ccccc34)nc(-c3cccc4oc5cc6c7cccc8c9ccccc9n(c6cc5c34)c87)n2)cc1. The summed E-state index contributed by atoms with van der Waals surface area (Å²) in [6.07, 6.45) is 0. The van der Waals surface area contributed by atoms with Crippen LogP contribution in [-0.2, 0) is 0 Å². The van der Waals surface area contributed by atoms with Crippen LogP contribution >= 0.6 is 0 Å². The first kappa shape index (κ1) is 26.9. The summed E-state index contributed by atoms with van der Waals surface area (Å²) >= 11 is 0. The Morgan fingerprint density at radius 2 is 1.04 bits per heavy atom. The van der Waals surface area contributed by atoms with E-state index in [9.17, 15) is 0 Å². The summed E-state index contributed by atoms with van der Waals surface area (Å²) in [6.45, 7) is 0. The summed E-state index contributed by atoms with van der Waals surface area (Å²) in [5.74, 6) is 1.70. The lowest BCUT2D eigenvalue weighted by atomic mass is 10.0. The van der Waals surface area contributed by atoms with Gasteiger partial charge >= 0.3 is 0 Å². The third-order valence-electron chi connectivity index (χ3n) is 10.4. The number of hydrogen-bond acceptors (Lipinski definition) is 5. The van der Waals surface area contributed by atoms with Gasteiger partial charge in [-0.25, -0.2) is 15.0 Å². The molecule has 0 saturated carbocycles. The number of hydrogen-bond donors (Lipinski definition) is 0. The normalized spacial score (nSPS) is 12.3. The molecular formula is C45H24N4O2. The summed E-state index contributed by atoms with van der Waals surface area (Å²) in [6, 6.07) is 50.1. The molecule has 12 aromatic rings. The van der Waals surface area contributed by atoms with E-state index in [0.717, 1.165) is 66.1 Å². The smallest absolute Gasteiger partial charge is 0.167 e. The van der Waals surface area contributed by atoms with E-state index < -0.39 is 0 Å². The Morgan fingerprint density at radius 3 is 1.94 bits per heavy atom. The van der Waals surface area contributed by atoms with Gasteiger partial charge in [-0.05, 0) is 36.4 Å². The highest BCUT2D eigenvalue weighted by atomic mass is 16.3. The Hall–Kier alpha value is -7.05. The van der Waals surface area contributed by atoms with Crippen LogP contribution in [0.5, 0.6) is 0 Å². The van der Waals surface area contributed by atoms with Gasteiger partial charge in [0.1, 0.15) is 22.3 Å². The second-order valence-corrected chi connectivity index (χ2v) is 13.2. The van der Waals surface area contributed by atoms with Crippen LogP contribution in [0.3, 0.4) is 0 Å². The molecule has 6 nitrogen and oxygen atoms in total. The molecule has 236 valence electrons. The van der Waals surface area contributed by atoms with Crippen molar-refractivity contribution in [1.82, 2.24) is 19.4 Å². The fourth-order valence-electron chi connectivity index (χ4n) is 8.19. The lowest BCUT2D eigenvalue weighted by Gasteiger charge is -2.09. The standard InChI is InChI=1S/C45H24N4O2/c1-2-11-25(12-3-1)43-46-44(48-45(47-43)32-19-9-17-30-27-14-5-7-21-37(27)51-42(30)32)31-18-10-22-38-40(31)34-23-36-33(24-39(34)50-38)29-16-8-15-28-26-13-4-6-20-35(26)49(36)41(28)29/h1-24H. The molecule has 0 aliphatic rings. The number of furan rings is 2. The number of rotatable bonds is 3. The van der Waals surface area contributed by atoms with E-state index >= 15 is 0 Å². The lowest BCUT2D eigenvalue weighted by Crippen LogP contribution is -2.00. The van der Waals surface area contributed by atoms with Gasteiger partial charge in [0.25, 0.3) is 0 Å². The van der Waals surface area contributed by atoms with Crippen molar-refractivity contribution in [3.8, 4) is 34.2 Å². The van der Waals surface area contributed by atoms with Crippen molar-refractivity contribution in [2.45, 2.75) is 0 Å². The number of aromatic nitrogens is 4. The summed E-state index contributed by atoms with van der Waals surface area (Å²) in [5.41, 5.74) is 9.36. The number of para-hydroxylation sites is 4. The molecule has 51 heavy (non-hydrogen) atoms. The molecule has 0 aliphatic heterocycles. The third-order valence-corrected chi connectivity index (χ3v) is 10.4. The van der Waals surface area contributed by atoms with Crippen molar-refractivity contribution in [2.75, 3.05) is 0 Å². The van der Waals surface area contributed by atoms with E-state index in [1.54, 1.807) is 0 Å². The molecule has 0 aliphatic carbocycles. The highest BCUT2D eigenvalue weighted by molar-refractivity contribution is 6.26. The average molecular weight is 653 g/mol. The second kappa shape index (κ2) is 9.77. The Balaban J connectivity index is 1.16. The lowest BCUT2D eigenvalue weighted by molar-refractivity contribution is 0.669. The maximum atomic E-state index is 6.62. The van der Waals surface area contributed by atoms with E-state index in [0.29, 0.717) is 17.5 Å². The van der Waals surface area contributed by atoms with Crippen molar-refractivity contribution < 1.29 is 8.83 Å². The Morgan fingerprint density at radius 1 is 0.392 bits per heavy atom.